The van der Waals surface area contributed by atoms with Gasteiger partial charge < -0.3 is 3.07 Å². The molecule has 2 nitrogen and oxygen atoms in total. The molecule has 0 aromatic rings. The number of halogens is 1. The Labute approximate surface area is 82.4 Å². The van der Waals surface area contributed by atoms with Crippen molar-refractivity contribution >= 4 is 29.0 Å². The van der Waals surface area contributed by atoms with Crippen LogP contribution in [0, 0.1) is 0 Å². The normalized spacial score (nSPS) is 9.64. The summed E-state index contributed by atoms with van der Waals surface area (Å²) >= 11 is 1.63. The summed E-state index contributed by atoms with van der Waals surface area (Å²) in [4.78, 5) is 10.6. The van der Waals surface area contributed by atoms with Crippen LogP contribution in [0.25, 0.3) is 0 Å². The molecule has 0 aliphatic heterocycles. The molecule has 0 fully saturated rings. The van der Waals surface area contributed by atoms with Crippen molar-refractivity contribution in [3.05, 3.63) is 0 Å². The zero-order chi connectivity index (χ0) is 8.53. The molecule has 0 unspecified atom stereocenters. The number of unbranched alkanes of at least 4 members (excludes halogenated alkanes) is 4. The summed E-state index contributed by atoms with van der Waals surface area (Å²) in [5, 5.41) is 0. The highest BCUT2D eigenvalue weighted by Crippen LogP contribution is 2.06. The molecule has 0 aliphatic carbocycles. The molecule has 0 atom stereocenters. The van der Waals surface area contributed by atoms with Gasteiger partial charge in [0.2, 0.25) is 0 Å². The van der Waals surface area contributed by atoms with E-state index >= 15 is 0 Å². The third-order valence-electron chi connectivity index (χ3n) is 1.57. The van der Waals surface area contributed by atoms with Gasteiger partial charge in [-0.1, -0.05) is 32.6 Å². The Morgan fingerprint density at radius 3 is 2.45 bits per heavy atom. The average Bonchev–Trinajstić information content (AvgIpc) is 2.04. The summed E-state index contributed by atoms with van der Waals surface area (Å²) < 4.78 is 4.49. The van der Waals surface area contributed by atoms with E-state index in [2.05, 4.69) is 9.99 Å². The Morgan fingerprint density at radius 2 is 1.91 bits per heavy atom. The van der Waals surface area contributed by atoms with Crippen LogP contribution < -0.4 is 0 Å². The first-order valence-electron chi connectivity index (χ1n) is 4.12. The van der Waals surface area contributed by atoms with Crippen molar-refractivity contribution < 1.29 is 7.86 Å². The van der Waals surface area contributed by atoms with Crippen molar-refractivity contribution in [1.29, 1.82) is 0 Å². The zero-order valence-electron chi connectivity index (χ0n) is 6.94. The fraction of sp³-hybridized carbons (Fsp3) is 0.875. The average molecular weight is 270 g/mol. The van der Waals surface area contributed by atoms with Crippen molar-refractivity contribution in [3.8, 4) is 0 Å². The second-order valence-corrected chi connectivity index (χ2v) is 3.05. The molecule has 0 bridgehead atoms. The molecule has 0 N–H and O–H groups in total. The standard InChI is InChI=1S/C8H15IO2/c1-2-3-4-5-6-7-8(10)11-9/h2-7H2,1H3. The predicted molar refractivity (Wildman–Crippen MR) is 53.5 cm³/mol. The number of hydrogen-bond acceptors (Lipinski definition) is 2. The van der Waals surface area contributed by atoms with Crippen LogP contribution in [0.4, 0.5) is 0 Å². The Kier molecular flexibility index (Phi) is 8.45. The molecule has 0 saturated heterocycles. The quantitative estimate of drug-likeness (QED) is 0.547. The van der Waals surface area contributed by atoms with Gasteiger partial charge in [0.1, 0.15) is 0 Å². The first-order chi connectivity index (χ1) is 5.31. The van der Waals surface area contributed by atoms with E-state index in [1.165, 1.54) is 19.3 Å². The van der Waals surface area contributed by atoms with Gasteiger partial charge in [-0.05, 0) is 6.42 Å². The summed E-state index contributed by atoms with van der Waals surface area (Å²) in [7, 11) is 0. The second-order valence-electron chi connectivity index (χ2n) is 2.61. The molecule has 0 radical (unpaired) electrons. The number of rotatable bonds is 6. The Bertz CT molecular complexity index is 104. The summed E-state index contributed by atoms with van der Waals surface area (Å²) in [5.74, 6) is -0.0953. The van der Waals surface area contributed by atoms with Crippen LogP contribution in [0.2, 0.25) is 0 Å². The highest BCUT2D eigenvalue weighted by Gasteiger charge is 1.99. The molecule has 0 amide bonds. The van der Waals surface area contributed by atoms with Gasteiger partial charge in [0, 0.05) is 6.42 Å². The maximum absolute atomic E-state index is 10.6. The topological polar surface area (TPSA) is 26.3 Å². The molecule has 66 valence electrons. The first kappa shape index (κ1) is 11.2. The van der Waals surface area contributed by atoms with Crippen molar-refractivity contribution in [1.82, 2.24) is 0 Å². The Hall–Kier alpha value is 0.200. The van der Waals surface area contributed by atoms with Gasteiger partial charge in [0.15, 0.2) is 23.0 Å². The predicted octanol–water partition coefficient (Wildman–Crippen LogP) is 3.24. The van der Waals surface area contributed by atoms with Crippen molar-refractivity contribution in [2.45, 2.75) is 45.4 Å². The lowest BCUT2D eigenvalue weighted by Crippen LogP contribution is -1.95. The minimum Gasteiger partial charge on any atom is -0.394 e. The van der Waals surface area contributed by atoms with Gasteiger partial charge in [0.25, 0.3) is 0 Å². The fourth-order valence-electron chi connectivity index (χ4n) is 0.911. The fourth-order valence-corrected chi connectivity index (χ4v) is 1.13. The van der Waals surface area contributed by atoms with Crippen LogP contribution in [0.15, 0.2) is 0 Å². The van der Waals surface area contributed by atoms with E-state index in [9.17, 15) is 4.79 Å². The number of carbonyl (C=O) groups is 1. The smallest absolute Gasteiger partial charge is 0.315 e. The van der Waals surface area contributed by atoms with E-state index in [1.54, 1.807) is 23.0 Å². The van der Waals surface area contributed by atoms with E-state index in [1.807, 2.05) is 0 Å². The van der Waals surface area contributed by atoms with Gasteiger partial charge >= 0.3 is 5.97 Å². The molecular formula is C8H15IO2. The highest BCUT2D eigenvalue weighted by molar-refractivity contribution is 14.1. The lowest BCUT2D eigenvalue weighted by atomic mass is 10.1. The van der Waals surface area contributed by atoms with Gasteiger partial charge in [-0.2, -0.15) is 0 Å². The maximum atomic E-state index is 10.6. The molecule has 0 aromatic heterocycles. The maximum Gasteiger partial charge on any atom is 0.315 e. The van der Waals surface area contributed by atoms with Crippen molar-refractivity contribution in [3.63, 3.8) is 0 Å². The molecule has 3 heteroatoms. The van der Waals surface area contributed by atoms with Crippen molar-refractivity contribution in [2.24, 2.45) is 0 Å². The monoisotopic (exact) mass is 270 g/mol. The lowest BCUT2D eigenvalue weighted by Gasteiger charge is -1.97. The minimum absolute atomic E-state index is 0.0953. The summed E-state index contributed by atoms with van der Waals surface area (Å²) in [6.07, 6.45) is 6.47. The summed E-state index contributed by atoms with van der Waals surface area (Å²) in [6, 6.07) is 0. The van der Waals surface area contributed by atoms with Gasteiger partial charge in [-0.25, -0.2) is 0 Å². The van der Waals surface area contributed by atoms with Gasteiger partial charge in [0.05, 0.1) is 0 Å². The minimum atomic E-state index is -0.0953. The summed E-state index contributed by atoms with van der Waals surface area (Å²) in [6.45, 7) is 2.18. The van der Waals surface area contributed by atoms with Crippen LogP contribution in [0.1, 0.15) is 45.4 Å². The van der Waals surface area contributed by atoms with E-state index in [0.29, 0.717) is 6.42 Å². The molecular weight excluding hydrogens is 255 g/mol. The lowest BCUT2D eigenvalue weighted by molar-refractivity contribution is -0.131. The van der Waals surface area contributed by atoms with Crippen LogP contribution in [0.3, 0.4) is 0 Å². The van der Waals surface area contributed by atoms with Crippen molar-refractivity contribution in [2.75, 3.05) is 0 Å². The second kappa shape index (κ2) is 8.30. The molecule has 0 heterocycles. The largest absolute Gasteiger partial charge is 0.394 e. The molecule has 0 saturated carbocycles. The summed E-state index contributed by atoms with van der Waals surface area (Å²) in [5.41, 5.74) is 0. The molecule has 0 aromatic carbocycles. The van der Waals surface area contributed by atoms with E-state index < -0.39 is 0 Å². The zero-order valence-corrected chi connectivity index (χ0v) is 9.09. The molecule has 0 rings (SSSR count). The van der Waals surface area contributed by atoms with E-state index in [0.717, 1.165) is 12.8 Å². The number of hydrogen-bond donors (Lipinski definition) is 0. The third-order valence-corrected chi connectivity index (χ3v) is 2.06. The van der Waals surface area contributed by atoms with Crippen LogP contribution in [-0.2, 0) is 7.86 Å². The van der Waals surface area contributed by atoms with Gasteiger partial charge in [-0.15, -0.1) is 0 Å². The third kappa shape index (κ3) is 8.10. The van der Waals surface area contributed by atoms with Gasteiger partial charge in [-0.3, -0.25) is 4.79 Å². The van der Waals surface area contributed by atoms with E-state index in [4.69, 9.17) is 0 Å². The highest BCUT2D eigenvalue weighted by atomic mass is 127. The van der Waals surface area contributed by atoms with Crippen LogP contribution >= 0.6 is 23.0 Å². The molecule has 0 spiro atoms. The molecule has 11 heavy (non-hydrogen) atoms. The SMILES string of the molecule is CCCCCCCC(=O)OI. The van der Waals surface area contributed by atoms with Crippen LogP contribution in [-0.4, -0.2) is 5.97 Å². The Morgan fingerprint density at radius 1 is 1.27 bits per heavy atom. The first-order valence-corrected chi connectivity index (χ1v) is 5.00. The number of carbonyl (C=O) groups excluding carboxylic acids is 1. The van der Waals surface area contributed by atoms with E-state index in [-0.39, 0.29) is 5.97 Å². The van der Waals surface area contributed by atoms with Crippen LogP contribution in [0.5, 0.6) is 0 Å². The Balaban J connectivity index is 2.95. The molecule has 0 aliphatic rings.